The molecule has 0 spiro atoms. The van der Waals surface area contributed by atoms with E-state index in [1.165, 1.54) is 10.9 Å². The Balaban J connectivity index is 1.52. The van der Waals surface area contributed by atoms with E-state index in [1.54, 1.807) is 18.3 Å². The van der Waals surface area contributed by atoms with Gasteiger partial charge in [0.2, 0.25) is 11.8 Å². The Labute approximate surface area is 182 Å². The molecule has 1 fully saturated rings. The molecule has 1 aromatic heterocycles. The number of benzene rings is 1. The van der Waals surface area contributed by atoms with Gasteiger partial charge in [0.15, 0.2) is 0 Å². The third kappa shape index (κ3) is 6.84. The molecule has 1 aliphatic carbocycles. The van der Waals surface area contributed by atoms with Crippen molar-refractivity contribution in [1.82, 2.24) is 20.4 Å². The Bertz CT molecular complexity index is 890. The molecular weight excluding hydrogens is 396 g/mol. The highest BCUT2D eigenvalue weighted by Crippen LogP contribution is 2.17. The summed E-state index contributed by atoms with van der Waals surface area (Å²) in [5.41, 5.74) is 1.11. The molecule has 0 saturated heterocycles. The van der Waals surface area contributed by atoms with Gasteiger partial charge in [-0.1, -0.05) is 44.9 Å². The highest BCUT2D eigenvalue weighted by atomic mass is 16.2. The number of rotatable bonds is 8. The Morgan fingerprint density at radius 2 is 1.77 bits per heavy atom. The van der Waals surface area contributed by atoms with Crippen LogP contribution in [0.1, 0.15) is 39.5 Å². The highest BCUT2D eigenvalue weighted by Gasteiger charge is 2.25. The van der Waals surface area contributed by atoms with Crippen molar-refractivity contribution in [3.8, 4) is 0 Å². The second-order valence-electron chi connectivity index (χ2n) is 8.15. The van der Waals surface area contributed by atoms with Gasteiger partial charge in [0.05, 0.1) is 11.9 Å². The van der Waals surface area contributed by atoms with Gasteiger partial charge in [-0.05, 0) is 30.9 Å². The average Bonchev–Trinajstić information content (AvgIpc) is 3.38. The molecular formula is C22H30N6O3. The smallest absolute Gasteiger partial charge is 0.319 e. The van der Waals surface area contributed by atoms with E-state index in [2.05, 4.69) is 26.4 Å². The van der Waals surface area contributed by atoms with Crippen molar-refractivity contribution < 1.29 is 14.4 Å². The van der Waals surface area contributed by atoms with Gasteiger partial charge in [-0.25, -0.2) is 4.79 Å². The maximum Gasteiger partial charge on any atom is 0.319 e. The molecule has 0 radical (unpaired) electrons. The van der Waals surface area contributed by atoms with Gasteiger partial charge < -0.3 is 21.3 Å². The first-order valence-electron chi connectivity index (χ1n) is 10.7. The topological polar surface area (TPSA) is 117 Å². The molecule has 9 heteroatoms. The van der Waals surface area contributed by atoms with E-state index >= 15 is 0 Å². The van der Waals surface area contributed by atoms with E-state index in [1.807, 2.05) is 32.0 Å². The molecule has 2 aromatic rings. The quantitative estimate of drug-likeness (QED) is 0.519. The maximum atomic E-state index is 12.7. The summed E-state index contributed by atoms with van der Waals surface area (Å²) in [7, 11) is 0. The summed E-state index contributed by atoms with van der Waals surface area (Å²) in [5, 5.41) is 15.3. The van der Waals surface area contributed by atoms with Gasteiger partial charge in [0, 0.05) is 17.9 Å². The first kappa shape index (κ1) is 22.3. The Hall–Kier alpha value is -3.36. The number of hydrogen-bond acceptors (Lipinski definition) is 4. The predicted molar refractivity (Wildman–Crippen MR) is 118 cm³/mol. The van der Waals surface area contributed by atoms with Crippen LogP contribution in [0.25, 0.3) is 0 Å². The standard InChI is InChI=1S/C22H30N6O3/c1-15(2)20(27-22(31)26-17-8-4-3-5-9-17)21(30)25-18-12-23-28(13-18)14-19(29)24-16-10-6-7-11-16/h3-5,8-9,12-13,15-16,20H,6-7,10-11,14H2,1-2H3,(H,24,29)(H,25,30)(H2,26,27,31). The fourth-order valence-corrected chi connectivity index (χ4v) is 3.59. The van der Waals surface area contributed by atoms with E-state index in [-0.39, 0.29) is 30.3 Å². The van der Waals surface area contributed by atoms with Crippen molar-refractivity contribution in [3.05, 3.63) is 42.7 Å². The van der Waals surface area contributed by atoms with Gasteiger partial charge in [-0.2, -0.15) is 5.10 Å². The summed E-state index contributed by atoms with van der Waals surface area (Å²) in [5.74, 6) is -0.575. The van der Waals surface area contributed by atoms with Crippen molar-refractivity contribution in [3.63, 3.8) is 0 Å². The van der Waals surface area contributed by atoms with Crippen LogP contribution in [0.3, 0.4) is 0 Å². The van der Waals surface area contributed by atoms with Crippen molar-refractivity contribution in [1.29, 1.82) is 0 Å². The molecule has 3 rings (SSSR count). The number of anilines is 2. The number of para-hydroxylation sites is 1. The predicted octanol–water partition coefficient (Wildman–Crippen LogP) is 2.73. The van der Waals surface area contributed by atoms with Crippen molar-refractivity contribution in [2.75, 3.05) is 10.6 Å². The number of nitrogens with zero attached hydrogens (tertiary/aromatic N) is 2. The molecule has 166 valence electrons. The van der Waals surface area contributed by atoms with E-state index in [4.69, 9.17) is 0 Å². The summed E-state index contributed by atoms with van der Waals surface area (Å²) in [6.07, 6.45) is 7.44. The lowest BCUT2D eigenvalue weighted by molar-refractivity contribution is -0.122. The molecule has 0 aliphatic heterocycles. The summed E-state index contributed by atoms with van der Waals surface area (Å²) < 4.78 is 1.49. The Morgan fingerprint density at radius 1 is 1.06 bits per heavy atom. The van der Waals surface area contributed by atoms with Crippen molar-refractivity contribution >= 4 is 29.2 Å². The van der Waals surface area contributed by atoms with E-state index < -0.39 is 12.1 Å². The number of carbonyl (C=O) groups excluding carboxylic acids is 3. The van der Waals surface area contributed by atoms with E-state index in [9.17, 15) is 14.4 Å². The maximum absolute atomic E-state index is 12.7. The molecule has 1 saturated carbocycles. The van der Waals surface area contributed by atoms with Crippen LogP contribution in [0.2, 0.25) is 0 Å². The fraction of sp³-hybridized carbons (Fsp3) is 0.455. The van der Waals surface area contributed by atoms with Crippen LogP contribution in [0.5, 0.6) is 0 Å². The number of hydrogen-bond donors (Lipinski definition) is 4. The number of nitrogens with one attached hydrogen (secondary N) is 4. The lowest BCUT2D eigenvalue weighted by Gasteiger charge is -2.21. The number of carbonyl (C=O) groups is 3. The third-order valence-electron chi connectivity index (χ3n) is 5.19. The molecule has 0 bridgehead atoms. The lowest BCUT2D eigenvalue weighted by atomic mass is 10.0. The number of aromatic nitrogens is 2. The monoisotopic (exact) mass is 426 g/mol. The molecule has 1 aromatic carbocycles. The summed E-state index contributed by atoms with van der Waals surface area (Å²) in [4.78, 5) is 37.2. The summed E-state index contributed by atoms with van der Waals surface area (Å²) in [6, 6.07) is 8.07. The third-order valence-corrected chi connectivity index (χ3v) is 5.19. The molecule has 1 unspecified atom stereocenters. The van der Waals surface area contributed by atoms with Gasteiger partial charge in [0.25, 0.3) is 0 Å². The normalized spacial score (nSPS) is 14.8. The summed E-state index contributed by atoms with van der Waals surface area (Å²) >= 11 is 0. The van der Waals surface area contributed by atoms with Crippen LogP contribution in [-0.4, -0.2) is 39.7 Å². The molecule has 4 N–H and O–H groups in total. The van der Waals surface area contributed by atoms with Gasteiger partial charge >= 0.3 is 6.03 Å². The molecule has 1 heterocycles. The SMILES string of the molecule is CC(C)C(NC(=O)Nc1ccccc1)C(=O)Nc1cnn(CC(=O)NC2CCCC2)c1. The average molecular weight is 427 g/mol. The Morgan fingerprint density at radius 3 is 2.45 bits per heavy atom. The van der Waals surface area contributed by atoms with Gasteiger partial charge in [0.1, 0.15) is 12.6 Å². The zero-order chi connectivity index (χ0) is 22.2. The summed E-state index contributed by atoms with van der Waals surface area (Å²) in [6.45, 7) is 3.80. The second kappa shape index (κ2) is 10.6. The molecule has 31 heavy (non-hydrogen) atoms. The fourth-order valence-electron chi connectivity index (χ4n) is 3.59. The zero-order valence-corrected chi connectivity index (χ0v) is 17.9. The number of urea groups is 1. The van der Waals surface area contributed by atoms with Crippen LogP contribution < -0.4 is 21.3 Å². The Kier molecular flexibility index (Phi) is 7.64. The van der Waals surface area contributed by atoms with Crippen molar-refractivity contribution in [2.24, 2.45) is 5.92 Å². The van der Waals surface area contributed by atoms with Crippen LogP contribution in [0.4, 0.5) is 16.2 Å². The minimum Gasteiger partial charge on any atom is -0.352 e. The van der Waals surface area contributed by atoms with Crippen molar-refractivity contribution in [2.45, 2.75) is 58.2 Å². The second-order valence-corrected chi connectivity index (χ2v) is 8.15. The molecule has 9 nitrogen and oxygen atoms in total. The molecule has 1 atom stereocenters. The van der Waals surface area contributed by atoms with Gasteiger partial charge in [-0.3, -0.25) is 14.3 Å². The van der Waals surface area contributed by atoms with E-state index in [0.717, 1.165) is 25.7 Å². The first-order valence-corrected chi connectivity index (χ1v) is 10.7. The first-order chi connectivity index (χ1) is 14.9. The minimum absolute atomic E-state index is 0.0906. The largest absolute Gasteiger partial charge is 0.352 e. The van der Waals surface area contributed by atoms with E-state index in [0.29, 0.717) is 11.4 Å². The van der Waals surface area contributed by atoms with Gasteiger partial charge in [-0.15, -0.1) is 0 Å². The van der Waals surface area contributed by atoms with Crippen LogP contribution in [-0.2, 0) is 16.1 Å². The van der Waals surface area contributed by atoms with Crippen LogP contribution in [0, 0.1) is 5.92 Å². The van der Waals surface area contributed by atoms with Crippen LogP contribution >= 0.6 is 0 Å². The minimum atomic E-state index is -0.738. The molecule has 1 aliphatic rings. The number of amides is 4. The lowest BCUT2D eigenvalue weighted by Crippen LogP contribution is -2.48. The highest BCUT2D eigenvalue weighted by molar-refractivity contribution is 5.99. The molecule has 4 amide bonds. The van der Waals surface area contributed by atoms with Crippen LogP contribution in [0.15, 0.2) is 42.7 Å². The zero-order valence-electron chi connectivity index (χ0n) is 17.9.